The predicted octanol–water partition coefficient (Wildman–Crippen LogP) is 9.41. The Bertz CT molecular complexity index is 1750. The fourth-order valence-corrected chi connectivity index (χ4v) is 7.55. The molecular formula is C40H43BrO7. The molecule has 1 aliphatic heterocycles. The molecule has 7 nitrogen and oxygen atoms in total. The average molecular weight is 716 g/mol. The van der Waals surface area contributed by atoms with Crippen LogP contribution in [-0.4, -0.2) is 25.3 Å². The highest BCUT2D eigenvalue weighted by molar-refractivity contribution is 9.10. The normalized spacial score (nSPS) is 18.6. The molecule has 0 fully saturated rings. The minimum atomic E-state index is -0.534. The van der Waals surface area contributed by atoms with Crippen LogP contribution < -0.4 is 18.9 Å². The van der Waals surface area contributed by atoms with Crippen molar-refractivity contribution in [3.63, 3.8) is 0 Å². The molecule has 0 spiro atoms. The lowest BCUT2D eigenvalue weighted by atomic mass is 9.65. The first-order valence-corrected chi connectivity index (χ1v) is 17.3. The Hall–Kier alpha value is -4.04. The lowest BCUT2D eigenvalue weighted by molar-refractivity contribution is -0.120. The highest BCUT2D eigenvalue weighted by Gasteiger charge is 2.48. The van der Waals surface area contributed by atoms with Crippen LogP contribution in [0.15, 0.2) is 87.8 Å². The van der Waals surface area contributed by atoms with Crippen molar-refractivity contribution in [3.8, 4) is 23.0 Å². The summed E-state index contributed by atoms with van der Waals surface area (Å²) in [5, 5.41) is 0. The quantitative estimate of drug-likeness (QED) is 0.207. The van der Waals surface area contributed by atoms with Crippen LogP contribution in [0.3, 0.4) is 0 Å². The fourth-order valence-electron chi connectivity index (χ4n) is 6.98. The zero-order valence-electron chi connectivity index (χ0n) is 28.5. The summed E-state index contributed by atoms with van der Waals surface area (Å²) >= 11 is 3.75. The first-order valence-electron chi connectivity index (χ1n) is 16.5. The third-order valence-electron chi connectivity index (χ3n) is 9.10. The Kier molecular flexibility index (Phi) is 9.49. The summed E-state index contributed by atoms with van der Waals surface area (Å²) in [5.74, 6) is 3.20. The minimum absolute atomic E-state index is 0.0231. The van der Waals surface area contributed by atoms with E-state index < -0.39 is 5.92 Å². The van der Waals surface area contributed by atoms with Gasteiger partial charge < -0.3 is 23.7 Å². The molecule has 3 aromatic carbocycles. The van der Waals surface area contributed by atoms with Gasteiger partial charge in [-0.05, 0) is 74.6 Å². The summed E-state index contributed by atoms with van der Waals surface area (Å²) in [7, 11) is 1.62. The summed E-state index contributed by atoms with van der Waals surface area (Å²) in [5.41, 5.74) is 3.47. The van der Waals surface area contributed by atoms with Crippen LogP contribution in [0.5, 0.6) is 23.0 Å². The van der Waals surface area contributed by atoms with Gasteiger partial charge in [-0.15, -0.1) is 0 Å². The molecule has 3 aromatic rings. The van der Waals surface area contributed by atoms with Crippen LogP contribution in [0.4, 0.5) is 0 Å². The third-order valence-corrected chi connectivity index (χ3v) is 9.68. The maximum absolute atomic E-state index is 13.8. The molecule has 3 aliphatic rings. The summed E-state index contributed by atoms with van der Waals surface area (Å²) < 4.78 is 31.3. The largest absolute Gasteiger partial charge is 0.493 e. The number of carbonyl (C=O) groups is 2. The van der Waals surface area contributed by atoms with Gasteiger partial charge in [-0.3, -0.25) is 9.59 Å². The van der Waals surface area contributed by atoms with Gasteiger partial charge in [0.25, 0.3) is 0 Å². The monoisotopic (exact) mass is 714 g/mol. The van der Waals surface area contributed by atoms with Gasteiger partial charge in [0, 0.05) is 42.7 Å². The molecule has 0 atom stereocenters. The molecule has 8 heteroatoms. The highest BCUT2D eigenvalue weighted by atomic mass is 79.9. The predicted molar refractivity (Wildman–Crippen MR) is 187 cm³/mol. The van der Waals surface area contributed by atoms with E-state index in [0.717, 1.165) is 16.7 Å². The number of hydrogen-bond donors (Lipinski definition) is 0. The lowest BCUT2D eigenvalue weighted by Crippen LogP contribution is -2.37. The van der Waals surface area contributed by atoms with Crippen LogP contribution in [0.1, 0.15) is 82.9 Å². The Labute approximate surface area is 291 Å². The Morgan fingerprint density at radius 1 is 0.729 bits per heavy atom. The number of benzene rings is 3. The molecule has 0 aromatic heterocycles. The molecule has 2 aliphatic carbocycles. The van der Waals surface area contributed by atoms with Gasteiger partial charge in [-0.1, -0.05) is 64.1 Å². The van der Waals surface area contributed by atoms with Gasteiger partial charge in [-0.25, -0.2) is 0 Å². The van der Waals surface area contributed by atoms with Crippen LogP contribution >= 0.6 is 15.9 Å². The molecule has 6 rings (SSSR count). The zero-order valence-corrected chi connectivity index (χ0v) is 30.1. The van der Waals surface area contributed by atoms with E-state index in [4.69, 9.17) is 23.7 Å². The van der Waals surface area contributed by atoms with Crippen molar-refractivity contribution in [3.05, 3.63) is 104 Å². The molecule has 0 bridgehead atoms. The third kappa shape index (κ3) is 7.05. The van der Waals surface area contributed by atoms with Crippen molar-refractivity contribution in [2.75, 3.05) is 13.7 Å². The van der Waals surface area contributed by atoms with E-state index in [1.54, 1.807) is 7.11 Å². The van der Waals surface area contributed by atoms with Crippen LogP contribution in [0.2, 0.25) is 0 Å². The van der Waals surface area contributed by atoms with Crippen LogP contribution in [-0.2, 0) is 27.5 Å². The van der Waals surface area contributed by atoms with E-state index in [1.807, 2.05) is 67.6 Å². The van der Waals surface area contributed by atoms with Crippen molar-refractivity contribution in [1.29, 1.82) is 0 Å². The number of carbonyl (C=O) groups excluding carboxylic acids is 2. The Balaban J connectivity index is 1.31. The van der Waals surface area contributed by atoms with E-state index in [9.17, 15) is 9.59 Å². The molecule has 0 saturated heterocycles. The number of ketones is 2. The molecule has 252 valence electrons. The van der Waals surface area contributed by atoms with Crippen molar-refractivity contribution < 1.29 is 33.3 Å². The first-order chi connectivity index (χ1) is 22.9. The molecule has 0 N–H and O–H groups in total. The van der Waals surface area contributed by atoms with Crippen LogP contribution in [0, 0.1) is 10.8 Å². The number of ether oxygens (including phenoxy) is 5. The second-order valence-corrected chi connectivity index (χ2v) is 15.3. The Morgan fingerprint density at radius 3 is 1.96 bits per heavy atom. The first kappa shape index (κ1) is 33.8. The van der Waals surface area contributed by atoms with Crippen molar-refractivity contribution in [2.24, 2.45) is 10.8 Å². The number of allylic oxidation sites excluding steroid dienone is 4. The van der Waals surface area contributed by atoms with Gasteiger partial charge in [0.1, 0.15) is 24.7 Å². The second-order valence-electron chi connectivity index (χ2n) is 14.4. The van der Waals surface area contributed by atoms with Gasteiger partial charge in [-0.2, -0.15) is 0 Å². The summed E-state index contributed by atoms with van der Waals surface area (Å²) in [6, 6.07) is 19.6. The van der Waals surface area contributed by atoms with E-state index >= 15 is 0 Å². The van der Waals surface area contributed by atoms with Gasteiger partial charge in [0.05, 0.1) is 18.2 Å². The SMILES string of the molecule is CCOc1cc(C2C3=C(CC(C)(C)CC3=O)OC3=C2C(=O)CC(C)(C)C3)cc(Br)c1OCc1ccc(OCc2ccccc2)c(OC)c1. The number of Topliss-reactive ketones (excluding diaryl/α,β-unsaturated/α-hetero) is 2. The van der Waals surface area contributed by atoms with E-state index in [2.05, 4.69) is 43.6 Å². The van der Waals surface area contributed by atoms with Crippen molar-refractivity contribution in [2.45, 2.75) is 79.4 Å². The standard InChI is InChI=1S/C40H43BrO7/c1-7-45-32-17-26(35-36-28(42)18-39(2,3)20-33(36)48-34-21-40(4,5)19-29(43)37(34)35)16-27(41)38(32)47-23-25-13-14-30(31(15-25)44-6)46-22-24-11-9-8-10-12-24/h8-17,35H,7,18-23H2,1-6H3. The summed E-state index contributed by atoms with van der Waals surface area (Å²) in [6.07, 6.45) is 2.06. The summed E-state index contributed by atoms with van der Waals surface area (Å²) in [4.78, 5) is 27.6. The number of rotatable bonds is 10. The highest BCUT2D eigenvalue weighted by Crippen LogP contribution is 2.54. The maximum Gasteiger partial charge on any atom is 0.175 e. The Morgan fingerprint density at radius 2 is 1.35 bits per heavy atom. The number of hydrogen-bond acceptors (Lipinski definition) is 7. The molecule has 48 heavy (non-hydrogen) atoms. The van der Waals surface area contributed by atoms with E-state index in [0.29, 0.717) is 89.0 Å². The molecule has 0 saturated carbocycles. The molecule has 0 radical (unpaired) electrons. The number of methoxy groups -OCH3 is 1. The summed E-state index contributed by atoms with van der Waals surface area (Å²) in [6.45, 7) is 11.3. The molecule has 0 amide bonds. The molecule has 0 unspecified atom stereocenters. The van der Waals surface area contributed by atoms with Gasteiger partial charge >= 0.3 is 0 Å². The van der Waals surface area contributed by atoms with Crippen LogP contribution in [0.25, 0.3) is 0 Å². The van der Waals surface area contributed by atoms with Crippen molar-refractivity contribution >= 4 is 27.5 Å². The van der Waals surface area contributed by atoms with E-state index in [-0.39, 0.29) is 29.0 Å². The molecule has 1 heterocycles. The lowest BCUT2D eigenvalue weighted by Gasteiger charge is -2.42. The second kappa shape index (κ2) is 13.5. The fraction of sp³-hybridized carbons (Fsp3) is 0.400. The average Bonchev–Trinajstić information content (AvgIpc) is 3.02. The van der Waals surface area contributed by atoms with E-state index in [1.165, 1.54) is 0 Å². The zero-order chi connectivity index (χ0) is 34.2. The smallest absolute Gasteiger partial charge is 0.175 e. The molecular weight excluding hydrogens is 672 g/mol. The number of halogens is 1. The van der Waals surface area contributed by atoms with Gasteiger partial charge in [0.2, 0.25) is 0 Å². The minimum Gasteiger partial charge on any atom is -0.493 e. The maximum atomic E-state index is 13.8. The van der Waals surface area contributed by atoms with Gasteiger partial charge in [0.15, 0.2) is 34.6 Å². The van der Waals surface area contributed by atoms with Crippen molar-refractivity contribution in [1.82, 2.24) is 0 Å². The topological polar surface area (TPSA) is 80.3 Å².